The minimum atomic E-state index is -4.44. The average Bonchev–Trinajstić information content (AvgIpc) is 3.42. The van der Waals surface area contributed by atoms with Crippen molar-refractivity contribution in [3.05, 3.63) is 34.3 Å². The van der Waals surface area contributed by atoms with E-state index in [4.69, 9.17) is 9.47 Å². The van der Waals surface area contributed by atoms with Crippen molar-refractivity contribution in [2.24, 2.45) is 0 Å². The molecule has 1 aromatic heterocycles. The van der Waals surface area contributed by atoms with Crippen LogP contribution >= 0.6 is 11.3 Å². The summed E-state index contributed by atoms with van der Waals surface area (Å²) in [5, 5.41) is 16.4. The number of fused-ring (bicyclic) bond motifs is 6. The molecule has 4 rings (SSSR count). The Morgan fingerprint density at radius 3 is 2.69 bits per heavy atom. The van der Waals surface area contributed by atoms with Crippen LogP contribution in [0.1, 0.15) is 56.8 Å². The predicted octanol–water partition coefficient (Wildman–Crippen LogP) is 1.26. The van der Waals surface area contributed by atoms with Gasteiger partial charge in [0.05, 0.1) is 23.6 Å². The summed E-state index contributed by atoms with van der Waals surface area (Å²) in [5.74, 6) is -2.24. The number of aliphatic hydroxyl groups is 1. The van der Waals surface area contributed by atoms with Crippen LogP contribution in [-0.2, 0) is 33.7 Å². The molecular formula is C23H28N2O8S2. The number of sulfone groups is 1. The second-order valence-corrected chi connectivity index (χ2v) is 13.2. The zero-order valence-corrected chi connectivity index (χ0v) is 21.4. The van der Waals surface area contributed by atoms with Gasteiger partial charge >= 0.3 is 5.97 Å². The average molecular weight is 525 g/mol. The van der Waals surface area contributed by atoms with E-state index < -0.39 is 67.3 Å². The van der Waals surface area contributed by atoms with Crippen molar-refractivity contribution in [1.29, 1.82) is 0 Å². The summed E-state index contributed by atoms with van der Waals surface area (Å²) in [5.41, 5.74) is -1.90. The van der Waals surface area contributed by atoms with E-state index in [1.54, 1.807) is 24.5 Å². The molecule has 2 saturated heterocycles. The molecule has 2 N–H and O–H groups in total. The van der Waals surface area contributed by atoms with Gasteiger partial charge in [0.25, 0.3) is 0 Å². The Labute approximate surface area is 207 Å². The molecule has 0 saturated carbocycles. The van der Waals surface area contributed by atoms with E-state index in [2.05, 4.69) is 10.3 Å². The Morgan fingerprint density at radius 2 is 2.00 bits per heavy atom. The van der Waals surface area contributed by atoms with Gasteiger partial charge in [-0.2, -0.15) is 0 Å². The van der Waals surface area contributed by atoms with Crippen LogP contribution in [0, 0.1) is 0 Å². The molecule has 4 bridgehead atoms. The van der Waals surface area contributed by atoms with Crippen LogP contribution in [-0.4, -0.2) is 70.6 Å². The molecule has 4 heterocycles. The molecule has 3 aliphatic rings. The molecule has 190 valence electrons. The van der Waals surface area contributed by atoms with Crippen LogP contribution in [0.5, 0.6) is 0 Å². The van der Waals surface area contributed by atoms with Crippen LogP contribution in [0.4, 0.5) is 0 Å². The van der Waals surface area contributed by atoms with Crippen LogP contribution in [0.3, 0.4) is 0 Å². The number of methoxy groups -OCH3 is 1. The van der Waals surface area contributed by atoms with E-state index in [-0.39, 0.29) is 12.8 Å². The van der Waals surface area contributed by atoms with Gasteiger partial charge < -0.3 is 19.9 Å². The fourth-order valence-corrected chi connectivity index (χ4v) is 8.93. The quantitative estimate of drug-likeness (QED) is 0.430. The maximum Gasteiger partial charge on any atom is 0.339 e. The molecule has 1 amide bonds. The van der Waals surface area contributed by atoms with Crippen molar-refractivity contribution in [1.82, 2.24) is 10.3 Å². The van der Waals surface area contributed by atoms with E-state index in [1.807, 2.05) is 0 Å². The maximum absolute atomic E-state index is 14.1. The zero-order valence-electron chi connectivity index (χ0n) is 19.8. The van der Waals surface area contributed by atoms with Crippen molar-refractivity contribution in [3.63, 3.8) is 0 Å². The number of esters is 1. The standard InChI is InChI=1S/C23H28N2O8S2/c1-13-19-25-14(12-34-19)7-5-6-8-15(26)17-18(33-17)21(2)9-10-23(35(21,30)31,11-16(27)24-13)22(3,29)20(28)32-4/h5-8,12-13,17-18,29H,9-11H2,1-4H3,(H,24,27)/b7-5-,8-6+/t13-,17-,18+,21-,22-,23+/m0/s1. The van der Waals surface area contributed by atoms with Crippen molar-refractivity contribution in [2.45, 2.75) is 73.4 Å². The van der Waals surface area contributed by atoms with Gasteiger partial charge in [-0.25, -0.2) is 18.2 Å². The molecular weight excluding hydrogens is 496 g/mol. The van der Waals surface area contributed by atoms with Crippen LogP contribution in [0.2, 0.25) is 0 Å². The van der Waals surface area contributed by atoms with Gasteiger partial charge in [0, 0.05) is 11.8 Å². The molecule has 6 atom stereocenters. The monoisotopic (exact) mass is 524 g/mol. The highest BCUT2D eigenvalue weighted by Gasteiger charge is 2.75. The normalized spacial score (nSPS) is 37.8. The van der Waals surface area contributed by atoms with Crippen molar-refractivity contribution >= 4 is 44.9 Å². The number of rotatable bonds is 2. The molecule has 2 fully saturated rings. The Kier molecular flexibility index (Phi) is 6.32. The second-order valence-electron chi connectivity index (χ2n) is 9.55. The smallest absolute Gasteiger partial charge is 0.339 e. The van der Waals surface area contributed by atoms with Gasteiger partial charge in [0.1, 0.15) is 22.0 Å². The molecule has 0 radical (unpaired) electrons. The largest absolute Gasteiger partial charge is 0.467 e. The number of aromatic nitrogens is 1. The number of allylic oxidation sites excluding steroid dienone is 2. The summed E-state index contributed by atoms with van der Waals surface area (Å²) < 4.78 is 34.8. The van der Waals surface area contributed by atoms with Gasteiger partial charge in [-0.3, -0.25) is 9.59 Å². The summed E-state index contributed by atoms with van der Waals surface area (Å²) >= 11 is 1.31. The van der Waals surface area contributed by atoms with Gasteiger partial charge in [-0.05, 0) is 45.8 Å². The number of amides is 1. The number of hydrogen-bond donors (Lipinski definition) is 2. The summed E-state index contributed by atoms with van der Waals surface area (Å²) in [4.78, 5) is 42.9. The van der Waals surface area contributed by atoms with Gasteiger partial charge in [0.2, 0.25) is 5.91 Å². The second kappa shape index (κ2) is 8.61. The lowest BCUT2D eigenvalue weighted by molar-refractivity contribution is -0.165. The third-order valence-electron chi connectivity index (χ3n) is 7.37. The number of nitrogens with one attached hydrogen (secondary N) is 1. The number of carbonyl (C=O) groups is 3. The summed E-state index contributed by atoms with van der Waals surface area (Å²) in [7, 11) is -3.40. The van der Waals surface area contributed by atoms with Crippen LogP contribution in [0.15, 0.2) is 23.6 Å². The number of ether oxygens (including phenoxy) is 2. The molecule has 1 aromatic rings. The Hall–Kier alpha value is -2.41. The Bertz CT molecular complexity index is 1230. The molecule has 0 aliphatic carbocycles. The number of ketones is 1. The highest BCUT2D eigenvalue weighted by Crippen LogP contribution is 2.57. The first-order valence-corrected chi connectivity index (χ1v) is 13.5. The van der Waals surface area contributed by atoms with Gasteiger partial charge in [-0.15, -0.1) is 11.3 Å². The van der Waals surface area contributed by atoms with E-state index in [1.165, 1.54) is 30.4 Å². The third-order valence-corrected chi connectivity index (χ3v) is 11.9. The first kappa shape index (κ1) is 25.7. The summed E-state index contributed by atoms with van der Waals surface area (Å²) in [6, 6.07) is -0.547. The number of thiazole rings is 1. The third kappa shape index (κ3) is 3.87. The van der Waals surface area contributed by atoms with Crippen molar-refractivity contribution in [3.8, 4) is 0 Å². The fraction of sp³-hybridized carbons (Fsp3) is 0.565. The molecule has 0 unspecified atom stereocenters. The van der Waals surface area contributed by atoms with Gasteiger partial charge in [0.15, 0.2) is 21.2 Å². The minimum Gasteiger partial charge on any atom is -0.467 e. The lowest BCUT2D eigenvalue weighted by atomic mass is 9.80. The molecule has 35 heavy (non-hydrogen) atoms. The summed E-state index contributed by atoms with van der Waals surface area (Å²) in [6.45, 7) is 4.20. The SMILES string of the molecule is COC(=O)[C@](C)(O)[C@@]12CC[C@@](C)([C@@H]3O[C@H]3C(=O)/C=C/C=C\c3csc(n3)[C@H](C)NC(=O)C1)S2(=O)=O. The predicted molar refractivity (Wildman–Crippen MR) is 127 cm³/mol. The Morgan fingerprint density at radius 1 is 1.31 bits per heavy atom. The van der Waals surface area contributed by atoms with Crippen molar-refractivity contribution < 1.29 is 37.4 Å². The maximum atomic E-state index is 14.1. The zero-order chi connectivity index (χ0) is 25.8. The molecule has 10 nitrogen and oxygen atoms in total. The van der Waals surface area contributed by atoms with Gasteiger partial charge in [-0.1, -0.05) is 12.2 Å². The molecule has 3 aliphatic heterocycles. The Balaban J connectivity index is 1.82. The minimum absolute atomic E-state index is 0.0147. The van der Waals surface area contributed by atoms with Crippen LogP contribution in [0.25, 0.3) is 6.08 Å². The summed E-state index contributed by atoms with van der Waals surface area (Å²) in [6.07, 6.45) is 3.34. The number of nitrogens with zero attached hydrogens (tertiary/aromatic N) is 1. The molecule has 12 heteroatoms. The highest BCUT2D eigenvalue weighted by atomic mass is 32.2. The topological polar surface area (TPSA) is 152 Å². The van der Waals surface area contributed by atoms with Crippen LogP contribution < -0.4 is 5.32 Å². The molecule has 0 spiro atoms. The highest BCUT2D eigenvalue weighted by molar-refractivity contribution is 7.94. The van der Waals surface area contributed by atoms with E-state index >= 15 is 0 Å². The lowest BCUT2D eigenvalue weighted by Gasteiger charge is -2.40. The van der Waals surface area contributed by atoms with E-state index in [0.717, 1.165) is 14.0 Å². The first-order chi connectivity index (χ1) is 16.3. The first-order valence-electron chi connectivity index (χ1n) is 11.1. The number of carbonyl (C=O) groups excluding carboxylic acids is 3. The number of epoxide rings is 1. The fourth-order valence-electron chi connectivity index (χ4n) is 5.09. The lowest BCUT2D eigenvalue weighted by Crippen LogP contribution is -2.64. The van der Waals surface area contributed by atoms with E-state index in [0.29, 0.717) is 10.7 Å². The molecule has 0 aromatic carbocycles. The number of hydrogen-bond acceptors (Lipinski definition) is 10. The van der Waals surface area contributed by atoms with Crippen molar-refractivity contribution in [2.75, 3.05) is 7.11 Å². The van der Waals surface area contributed by atoms with E-state index in [9.17, 15) is 27.9 Å².